The van der Waals surface area contributed by atoms with Crippen LogP contribution in [0.1, 0.15) is 65.6 Å². The van der Waals surface area contributed by atoms with Crippen molar-refractivity contribution in [3.05, 3.63) is 71.8 Å². The Morgan fingerprint density at radius 2 is 1.57 bits per heavy atom. The molecule has 1 fully saturated rings. The third-order valence-electron chi connectivity index (χ3n) is 8.00. The van der Waals surface area contributed by atoms with E-state index < -0.39 is 44.2 Å². The Balaban J connectivity index is 2.04. The summed E-state index contributed by atoms with van der Waals surface area (Å²) in [7, 11) is -2.08. The molecule has 1 saturated heterocycles. The molecule has 0 aliphatic carbocycles. The second kappa shape index (κ2) is 13.3. The van der Waals surface area contributed by atoms with Crippen molar-refractivity contribution in [2.24, 2.45) is 0 Å². The molecule has 3 rings (SSSR count). The smallest absolute Gasteiger partial charge is 0.337 e. The molecule has 1 N–H and O–H groups in total. The molecule has 1 heterocycles. The molecular weight excluding hydrogens is 522 g/mol. The number of ether oxygens (including phenoxy) is 3. The minimum absolute atomic E-state index is 0.0263. The number of aliphatic hydroxyl groups is 1. The van der Waals surface area contributed by atoms with Crippen molar-refractivity contribution in [2.45, 2.75) is 109 Å². The van der Waals surface area contributed by atoms with Crippen LogP contribution >= 0.6 is 0 Å². The maximum Gasteiger partial charge on any atom is 0.337 e. The van der Waals surface area contributed by atoms with Gasteiger partial charge in [-0.05, 0) is 57.0 Å². The monoisotopic (exact) mass is 571 g/mol. The zero-order chi connectivity index (χ0) is 29.7. The number of hydrogen-bond acceptors (Lipinski definition) is 7. The van der Waals surface area contributed by atoms with Crippen LogP contribution in [0.5, 0.6) is 0 Å². The number of rotatable bonds is 11. The Morgan fingerprint density at radius 3 is 2.12 bits per heavy atom. The molecule has 40 heavy (non-hydrogen) atoms. The highest BCUT2D eigenvalue weighted by molar-refractivity contribution is 6.74. The molecule has 0 saturated carbocycles. The number of carbonyl (C=O) groups is 1. The van der Waals surface area contributed by atoms with Gasteiger partial charge in [0.1, 0.15) is 24.6 Å². The number of benzene rings is 2. The SMILES string of the molecule is CC(c1ccccc1)N(Cc1ccccc1)C([C@H](O)C(=O)OC(C)(C)C)[C@@H]1OCO[C@H]1CO[Si](C)(C)C(C)(C)C. The van der Waals surface area contributed by atoms with E-state index >= 15 is 0 Å². The van der Waals surface area contributed by atoms with Crippen molar-refractivity contribution >= 4 is 14.3 Å². The molecule has 2 unspecified atom stereocenters. The highest BCUT2D eigenvalue weighted by atomic mass is 28.4. The molecule has 0 aromatic heterocycles. The van der Waals surface area contributed by atoms with Crippen molar-refractivity contribution in [3.8, 4) is 0 Å². The maximum atomic E-state index is 13.4. The first-order valence-corrected chi connectivity index (χ1v) is 17.1. The maximum absolute atomic E-state index is 13.4. The molecule has 1 aliphatic rings. The van der Waals surface area contributed by atoms with Crippen LogP contribution in [0, 0.1) is 0 Å². The molecule has 5 atom stereocenters. The largest absolute Gasteiger partial charge is 0.458 e. The van der Waals surface area contributed by atoms with E-state index in [-0.39, 0.29) is 17.9 Å². The Kier molecular flexibility index (Phi) is 10.8. The molecule has 2 aromatic carbocycles. The van der Waals surface area contributed by atoms with Gasteiger partial charge >= 0.3 is 5.97 Å². The predicted octanol–water partition coefficient (Wildman–Crippen LogP) is 6.08. The number of nitrogens with zero attached hydrogens (tertiary/aromatic N) is 1. The zero-order valence-corrected chi connectivity index (χ0v) is 26.7. The lowest BCUT2D eigenvalue weighted by Crippen LogP contribution is -2.58. The molecule has 0 amide bonds. The van der Waals surface area contributed by atoms with Crippen LogP contribution in [0.4, 0.5) is 0 Å². The summed E-state index contributed by atoms with van der Waals surface area (Å²) in [6.45, 7) is 19.3. The fraction of sp³-hybridized carbons (Fsp3) is 0.594. The summed E-state index contributed by atoms with van der Waals surface area (Å²) in [5.74, 6) is -0.685. The van der Waals surface area contributed by atoms with E-state index in [1.165, 1.54) is 0 Å². The Hall–Kier alpha value is -2.07. The van der Waals surface area contributed by atoms with Crippen LogP contribution in [-0.2, 0) is 30.0 Å². The second-order valence-corrected chi connectivity index (χ2v) is 18.0. The van der Waals surface area contributed by atoms with E-state index in [4.69, 9.17) is 18.6 Å². The summed E-state index contributed by atoms with van der Waals surface area (Å²) >= 11 is 0. The van der Waals surface area contributed by atoms with Crippen molar-refractivity contribution in [3.63, 3.8) is 0 Å². The Labute approximate surface area is 241 Å². The molecule has 2 aromatic rings. The van der Waals surface area contributed by atoms with Crippen LogP contribution in [0.15, 0.2) is 60.7 Å². The van der Waals surface area contributed by atoms with Gasteiger partial charge in [0.15, 0.2) is 14.4 Å². The lowest BCUT2D eigenvalue weighted by atomic mass is 9.94. The van der Waals surface area contributed by atoms with E-state index in [2.05, 4.69) is 57.8 Å². The minimum Gasteiger partial charge on any atom is -0.458 e. The summed E-state index contributed by atoms with van der Waals surface area (Å²) < 4.78 is 24.5. The molecule has 1 aliphatic heterocycles. The van der Waals surface area contributed by atoms with Crippen molar-refractivity contribution in [1.29, 1.82) is 0 Å². The first-order valence-electron chi connectivity index (χ1n) is 14.2. The van der Waals surface area contributed by atoms with E-state index in [1.54, 1.807) is 20.8 Å². The second-order valence-electron chi connectivity index (χ2n) is 13.2. The van der Waals surface area contributed by atoms with Gasteiger partial charge in [0, 0.05) is 12.6 Å². The van der Waals surface area contributed by atoms with E-state index in [0.29, 0.717) is 13.2 Å². The summed E-state index contributed by atoms with van der Waals surface area (Å²) in [5.41, 5.74) is 1.36. The van der Waals surface area contributed by atoms with Gasteiger partial charge in [-0.3, -0.25) is 4.90 Å². The van der Waals surface area contributed by atoms with E-state index in [1.807, 2.05) is 48.5 Å². The third-order valence-corrected chi connectivity index (χ3v) is 12.5. The van der Waals surface area contributed by atoms with Gasteiger partial charge in [-0.2, -0.15) is 0 Å². The first-order chi connectivity index (χ1) is 18.6. The Bertz CT molecular complexity index is 1070. The standard InChI is InChI=1S/C32H49NO6Si/c1-23(25-18-14-11-15-19-25)33(20-24-16-12-10-13-17-24)27(28(34)30(35)39-31(2,3)4)29-26(36-22-37-29)21-38-40(8,9)32(5,6)7/h10-19,23,26-29,34H,20-22H2,1-9H3/t23?,26-,27?,28-,29+/m0/s1. The highest BCUT2D eigenvalue weighted by Crippen LogP contribution is 2.38. The summed E-state index contributed by atoms with van der Waals surface area (Å²) in [5, 5.41) is 11.8. The van der Waals surface area contributed by atoms with Gasteiger partial charge in [-0.15, -0.1) is 0 Å². The van der Waals surface area contributed by atoms with Crippen LogP contribution in [0.3, 0.4) is 0 Å². The van der Waals surface area contributed by atoms with Crippen LogP contribution in [0.25, 0.3) is 0 Å². The minimum atomic E-state index is -2.08. The number of hydrogen-bond donors (Lipinski definition) is 1. The van der Waals surface area contributed by atoms with Crippen molar-refractivity contribution in [2.75, 3.05) is 13.4 Å². The normalized spacial score (nSPS) is 20.8. The Morgan fingerprint density at radius 1 is 1.00 bits per heavy atom. The average molecular weight is 572 g/mol. The van der Waals surface area contributed by atoms with Gasteiger partial charge in [0.2, 0.25) is 0 Å². The molecule has 0 bridgehead atoms. The number of aliphatic hydroxyl groups excluding tert-OH is 1. The quantitative estimate of drug-likeness (QED) is 0.259. The summed E-state index contributed by atoms with van der Waals surface area (Å²) in [6, 6.07) is 19.2. The average Bonchev–Trinajstić information content (AvgIpc) is 3.34. The zero-order valence-electron chi connectivity index (χ0n) is 25.7. The van der Waals surface area contributed by atoms with Gasteiger partial charge < -0.3 is 23.7 Å². The molecule has 0 radical (unpaired) electrons. The fourth-order valence-corrected chi connectivity index (χ4v) is 5.66. The van der Waals surface area contributed by atoms with Crippen LogP contribution in [0.2, 0.25) is 18.1 Å². The molecule has 222 valence electrons. The van der Waals surface area contributed by atoms with E-state index in [9.17, 15) is 9.90 Å². The summed E-state index contributed by atoms with van der Waals surface area (Å²) in [4.78, 5) is 15.5. The topological polar surface area (TPSA) is 77.5 Å². The number of esters is 1. The van der Waals surface area contributed by atoms with Crippen LogP contribution in [-0.4, -0.2) is 67.6 Å². The van der Waals surface area contributed by atoms with Gasteiger partial charge in [-0.1, -0.05) is 81.4 Å². The lowest BCUT2D eigenvalue weighted by Gasteiger charge is -2.43. The van der Waals surface area contributed by atoms with Gasteiger partial charge in [0.25, 0.3) is 0 Å². The van der Waals surface area contributed by atoms with Crippen molar-refractivity contribution < 1.29 is 28.5 Å². The van der Waals surface area contributed by atoms with Crippen molar-refractivity contribution in [1.82, 2.24) is 4.90 Å². The molecule has 7 nitrogen and oxygen atoms in total. The van der Waals surface area contributed by atoms with Gasteiger partial charge in [-0.25, -0.2) is 4.79 Å². The third kappa shape index (κ3) is 8.47. The van der Waals surface area contributed by atoms with E-state index in [0.717, 1.165) is 11.1 Å². The van der Waals surface area contributed by atoms with Gasteiger partial charge in [0.05, 0.1) is 12.6 Å². The fourth-order valence-electron chi connectivity index (χ4n) is 4.64. The summed E-state index contributed by atoms with van der Waals surface area (Å²) in [6.07, 6.45) is -2.56. The molecular formula is C32H49NO6Si. The number of carbonyl (C=O) groups excluding carboxylic acids is 1. The molecule has 8 heteroatoms. The first kappa shape index (κ1) is 32.4. The lowest BCUT2D eigenvalue weighted by molar-refractivity contribution is -0.174. The molecule has 0 spiro atoms. The highest BCUT2D eigenvalue weighted by Gasteiger charge is 2.48. The predicted molar refractivity (Wildman–Crippen MR) is 160 cm³/mol. The van der Waals surface area contributed by atoms with Crippen LogP contribution < -0.4 is 0 Å².